The first-order valence-corrected chi connectivity index (χ1v) is 14.1. The third kappa shape index (κ3) is 4.19. The Labute approximate surface area is 166 Å². The van der Waals surface area contributed by atoms with Crippen LogP contribution in [0.15, 0.2) is 48.5 Å². The van der Waals surface area contributed by atoms with E-state index in [0.717, 1.165) is 0 Å². The summed E-state index contributed by atoms with van der Waals surface area (Å²) in [6.45, 7) is 2.29. The van der Waals surface area contributed by atoms with E-state index in [1.807, 2.05) is 0 Å². The maximum atomic E-state index is 4.92. The Hall–Kier alpha value is -0.472. The second-order valence-corrected chi connectivity index (χ2v) is 14.7. The van der Waals surface area contributed by atoms with Crippen LogP contribution in [-0.2, 0) is 0 Å². The minimum absolute atomic E-state index is 0. The first kappa shape index (κ1) is 19.8. The molecule has 1 nitrogen and oxygen atoms in total. The van der Waals surface area contributed by atoms with Gasteiger partial charge in [-0.3, -0.25) is 0 Å². The zero-order valence-corrected chi connectivity index (χ0v) is 18.9. The zero-order valence-electron chi connectivity index (χ0n) is 14.8. The molecule has 0 unspecified atom stereocenters. The van der Waals surface area contributed by atoms with Gasteiger partial charge in [0.15, 0.2) is 0 Å². The molecule has 0 aliphatic carbocycles. The van der Waals surface area contributed by atoms with Gasteiger partial charge >= 0.3 is 143 Å². The summed E-state index contributed by atoms with van der Waals surface area (Å²) >= 11 is -2.05. The summed E-state index contributed by atoms with van der Waals surface area (Å²) in [5.74, 6) is 2.46. The molecule has 131 valence electrons. The number of unbranched alkanes of at least 4 members (excludes halogenated alkanes) is 5. The fourth-order valence-electron chi connectivity index (χ4n) is 3.66. The Balaban J connectivity index is 0.00000208. The number of para-hydroxylation sites is 2. The van der Waals surface area contributed by atoms with Crippen LogP contribution in [0.1, 0.15) is 45.4 Å². The van der Waals surface area contributed by atoms with Gasteiger partial charge in [-0.1, -0.05) is 0 Å². The molecule has 0 spiro atoms. The van der Waals surface area contributed by atoms with Crippen molar-refractivity contribution in [2.24, 2.45) is 0 Å². The van der Waals surface area contributed by atoms with Crippen LogP contribution in [0.4, 0.5) is 0 Å². The Morgan fingerprint density at radius 3 is 1.83 bits per heavy atom. The molecule has 1 aliphatic rings. The van der Waals surface area contributed by atoms with E-state index < -0.39 is 13.6 Å². The normalized spacial score (nSPS) is 14.1. The molecule has 3 rings (SSSR count). The van der Waals surface area contributed by atoms with E-state index >= 15 is 0 Å². The van der Waals surface area contributed by atoms with E-state index in [0.29, 0.717) is 0 Å². The quantitative estimate of drug-likeness (QED) is 0.240. The molecule has 1 aliphatic heterocycles. The minimum atomic E-state index is -2.05. The molecule has 0 saturated carbocycles. The number of hydrogen-bond donors (Lipinski definition) is 0. The van der Waals surface area contributed by atoms with Gasteiger partial charge in [-0.2, -0.15) is 0 Å². The van der Waals surface area contributed by atoms with Gasteiger partial charge in [0, 0.05) is 0 Å². The van der Waals surface area contributed by atoms with E-state index in [2.05, 4.69) is 61.2 Å². The molecule has 2 aromatic rings. The van der Waals surface area contributed by atoms with Crippen LogP contribution >= 0.6 is 0 Å². The van der Waals surface area contributed by atoms with Crippen molar-refractivity contribution in [3.8, 4) is 11.5 Å². The smallest absolute Gasteiger partial charge is 1.00 e. The molecule has 0 atom stereocenters. The second kappa shape index (κ2) is 9.29. The van der Waals surface area contributed by atoms with Gasteiger partial charge in [0.05, 0.1) is 0 Å². The predicted molar refractivity (Wildman–Crippen MR) is 103 cm³/mol. The summed E-state index contributed by atoms with van der Waals surface area (Å²) in [6.07, 6.45) is 8.28. The van der Waals surface area contributed by atoms with Crippen LogP contribution in [0, 0.1) is 0 Å². The predicted octanol–water partition coefficient (Wildman–Crippen LogP) is 2.21. The topological polar surface area (TPSA) is 12.8 Å². The van der Waals surface area contributed by atoms with Crippen molar-refractivity contribution in [3.63, 3.8) is 0 Å². The first-order chi connectivity index (χ1) is 11.3. The molecule has 0 amide bonds. The van der Waals surface area contributed by atoms with Crippen molar-refractivity contribution in [3.05, 3.63) is 48.5 Å². The van der Waals surface area contributed by atoms with Crippen LogP contribution in [0.2, 0.25) is 10.9 Å². The molecule has 1 N–H and O–H groups in total. The maximum absolute atomic E-state index is 4.92. The molecule has 2 aromatic carbocycles. The first-order valence-electron chi connectivity index (χ1n) is 9.02. The zero-order chi connectivity index (χ0) is 16.1. The van der Waals surface area contributed by atoms with Gasteiger partial charge < -0.3 is 24.0 Å². The molecule has 0 fully saturated rings. The molecular formula is C21H29AsIO. The molecule has 3 heteroatoms. The van der Waals surface area contributed by atoms with Crippen molar-refractivity contribution < 1.29 is 28.7 Å². The van der Waals surface area contributed by atoms with E-state index in [1.54, 1.807) is 8.70 Å². The number of fused-ring (bicyclic) bond motifs is 2. The summed E-state index contributed by atoms with van der Waals surface area (Å²) < 4.78 is 8.05. The molecule has 24 heavy (non-hydrogen) atoms. The van der Waals surface area contributed by atoms with E-state index in [1.165, 1.54) is 55.2 Å². The summed E-state index contributed by atoms with van der Waals surface area (Å²) in [4.78, 5) is 0. The molecule has 0 aromatic heterocycles. The summed E-state index contributed by atoms with van der Waals surface area (Å²) in [7, 11) is 0. The van der Waals surface area contributed by atoms with Crippen LogP contribution < -0.4 is 32.7 Å². The fourth-order valence-corrected chi connectivity index (χ4v) is 11.4. The standard InChI is InChI=1S/C21H28AsO.HI/c1-3-4-5-6-7-12-17-22(2)18-13-8-10-15-20(18)23-21-16-11-9-14-19(21)22;/h8-11,13-16H,3-7,12,17H2,1-2H3;1H. The average Bonchev–Trinajstić information content (AvgIpc) is 2.58. The van der Waals surface area contributed by atoms with Gasteiger partial charge in [0.25, 0.3) is 0 Å². The Bertz CT molecular complexity index is 610. The van der Waals surface area contributed by atoms with Crippen LogP contribution in [0.5, 0.6) is 11.5 Å². The third-order valence-corrected chi connectivity index (χ3v) is 13.6. The van der Waals surface area contributed by atoms with E-state index in [-0.39, 0.29) is 24.0 Å². The van der Waals surface area contributed by atoms with E-state index in [4.69, 9.17) is 4.74 Å². The number of rotatable bonds is 7. The van der Waals surface area contributed by atoms with Crippen LogP contribution in [0.3, 0.4) is 0 Å². The second-order valence-electron chi connectivity index (χ2n) is 6.77. The average molecular weight is 499 g/mol. The van der Waals surface area contributed by atoms with Gasteiger partial charge in [-0.05, 0) is 0 Å². The van der Waals surface area contributed by atoms with Gasteiger partial charge in [-0.15, -0.1) is 0 Å². The fraction of sp³-hybridized carbons (Fsp3) is 0.429. The number of hydrogen-bond acceptors (Lipinski definition) is 0. The third-order valence-electron chi connectivity index (χ3n) is 5.03. The van der Waals surface area contributed by atoms with Crippen molar-refractivity contribution in [2.75, 3.05) is 0 Å². The molecule has 0 saturated heterocycles. The minimum Gasteiger partial charge on any atom is -1.00 e. The van der Waals surface area contributed by atoms with Gasteiger partial charge in [-0.25, -0.2) is 0 Å². The van der Waals surface area contributed by atoms with Crippen molar-refractivity contribution in [1.29, 1.82) is 0 Å². The Morgan fingerprint density at radius 2 is 1.25 bits per heavy atom. The Kier molecular flexibility index (Phi) is 7.68. The van der Waals surface area contributed by atoms with Gasteiger partial charge in [0.2, 0.25) is 0 Å². The largest absolute Gasteiger partial charge is 1.00 e. The van der Waals surface area contributed by atoms with Crippen molar-refractivity contribution >= 4 is 22.3 Å². The van der Waals surface area contributed by atoms with E-state index in [9.17, 15) is 0 Å². The van der Waals surface area contributed by atoms with Crippen molar-refractivity contribution in [1.82, 2.24) is 0 Å². The monoisotopic (exact) mass is 499 g/mol. The molecule has 0 bridgehead atoms. The Morgan fingerprint density at radius 1 is 0.750 bits per heavy atom. The summed E-state index contributed by atoms with van der Waals surface area (Å²) in [6, 6.07) is 17.7. The number of aromatic hydroxyl groups is 2. The van der Waals surface area contributed by atoms with Crippen LogP contribution in [-0.4, -0.2) is 18.3 Å². The maximum Gasteiger partial charge on any atom is -1.00 e. The number of benzene rings is 2. The van der Waals surface area contributed by atoms with Gasteiger partial charge in [0.1, 0.15) is 0 Å². The molecule has 1 heterocycles. The molecule has 1 radical (unpaired) electrons. The summed E-state index contributed by atoms with van der Waals surface area (Å²) in [5, 5.41) is 1.38. The summed E-state index contributed by atoms with van der Waals surface area (Å²) in [5.41, 5.74) is 2.58. The van der Waals surface area contributed by atoms with Crippen LogP contribution in [0.25, 0.3) is 0 Å². The molecular weight excluding hydrogens is 470 g/mol. The number of halogens is 1. The number of ether oxygens (including phenoxy) is 1. The van der Waals surface area contributed by atoms with Crippen molar-refractivity contribution in [2.45, 2.75) is 56.4 Å². The SMILES string of the molecule is CCCCCCCC[As]1(C)c2ccccc2[OH+]c2ccccc21.[I-].